The van der Waals surface area contributed by atoms with E-state index in [1.807, 2.05) is 6.92 Å². The van der Waals surface area contributed by atoms with Gasteiger partial charge < -0.3 is 26.7 Å². The van der Waals surface area contributed by atoms with Crippen LogP contribution in [0.3, 0.4) is 0 Å². The lowest BCUT2D eigenvalue weighted by molar-refractivity contribution is -0.178. The van der Waals surface area contributed by atoms with Gasteiger partial charge in [-0.15, -0.1) is 5.10 Å². The van der Waals surface area contributed by atoms with Crippen LogP contribution in [0.4, 0.5) is 17.3 Å². The Bertz CT molecular complexity index is 263. The zero-order valence-electron chi connectivity index (χ0n) is 8.69. The molecule has 1 atom stereocenters. The van der Waals surface area contributed by atoms with Crippen molar-refractivity contribution in [2.45, 2.75) is 13.3 Å². The Morgan fingerprint density at radius 3 is 2.25 bits per heavy atom. The molecule has 0 fully saturated rings. The second-order valence-electron chi connectivity index (χ2n) is 2.38. The highest BCUT2D eigenvalue weighted by Gasteiger charge is 2.20. The molecule has 1 aromatic heterocycles. The van der Waals surface area contributed by atoms with Crippen LogP contribution in [-0.2, 0) is 9.47 Å². The molecule has 0 saturated carbocycles. The first-order valence-corrected chi connectivity index (χ1v) is 4.26. The molecule has 0 spiro atoms. The SMILES string of the molecule is CCOC(OC)n1ccnn1.F[B-](F)(F)F. The zero-order chi connectivity index (χ0) is 12.6. The highest BCUT2D eigenvalue weighted by atomic mass is 19.5. The monoisotopic (exact) mass is 244 g/mol. The molecule has 0 aromatic carbocycles. The van der Waals surface area contributed by atoms with E-state index in [0.717, 1.165) is 0 Å². The molecule has 1 aromatic rings. The minimum Gasteiger partial charge on any atom is -0.418 e. The Kier molecular flexibility index (Phi) is 6.66. The average Bonchev–Trinajstić information content (AvgIpc) is 2.64. The van der Waals surface area contributed by atoms with Crippen molar-refractivity contribution in [3.63, 3.8) is 0 Å². The fourth-order valence-corrected chi connectivity index (χ4v) is 0.725. The lowest BCUT2D eigenvalue weighted by Gasteiger charge is -2.13. The van der Waals surface area contributed by atoms with E-state index in [9.17, 15) is 17.3 Å². The van der Waals surface area contributed by atoms with Crippen LogP contribution in [0, 0.1) is 0 Å². The lowest BCUT2D eigenvalue weighted by atomic mass is 10.3. The largest absolute Gasteiger partial charge is 0.673 e. The number of aromatic nitrogens is 3. The summed E-state index contributed by atoms with van der Waals surface area (Å²) in [6.45, 7) is 2.47. The van der Waals surface area contributed by atoms with Crippen LogP contribution in [-0.4, -0.2) is 36.0 Å². The number of methoxy groups -OCH3 is 1. The van der Waals surface area contributed by atoms with Crippen molar-refractivity contribution >= 4 is 7.25 Å². The Morgan fingerprint density at radius 1 is 1.38 bits per heavy atom. The van der Waals surface area contributed by atoms with E-state index in [-0.39, 0.29) is 0 Å². The summed E-state index contributed by atoms with van der Waals surface area (Å²) < 4.78 is 50.7. The molecular formula is C6H11BF4N3O2-. The summed E-state index contributed by atoms with van der Waals surface area (Å²) in [4.78, 5) is 0. The highest BCUT2D eigenvalue weighted by Crippen LogP contribution is 2.06. The fourth-order valence-electron chi connectivity index (χ4n) is 0.725. The standard InChI is InChI=1S/C6H11N3O2.BF4/c1-3-11-6(10-2)9-5-4-7-8-9;2-1(3,4)5/h4-6H,3H2,1-2H3;/q;-1. The van der Waals surface area contributed by atoms with Gasteiger partial charge in [0.15, 0.2) is 0 Å². The first-order valence-electron chi connectivity index (χ1n) is 4.26. The molecule has 94 valence electrons. The van der Waals surface area contributed by atoms with E-state index in [0.29, 0.717) is 6.61 Å². The third-order valence-corrected chi connectivity index (χ3v) is 1.17. The Morgan fingerprint density at radius 2 is 1.94 bits per heavy atom. The summed E-state index contributed by atoms with van der Waals surface area (Å²) in [6.07, 6.45) is 2.80. The summed E-state index contributed by atoms with van der Waals surface area (Å²) in [6, 6.07) is 0. The maximum Gasteiger partial charge on any atom is 0.673 e. The number of hydrogen-bond acceptors (Lipinski definition) is 4. The van der Waals surface area contributed by atoms with Crippen LogP contribution >= 0.6 is 0 Å². The van der Waals surface area contributed by atoms with Gasteiger partial charge in [-0.1, -0.05) is 5.21 Å². The van der Waals surface area contributed by atoms with E-state index in [1.165, 1.54) is 4.68 Å². The van der Waals surface area contributed by atoms with Gasteiger partial charge in [0.05, 0.1) is 12.4 Å². The molecule has 0 amide bonds. The van der Waals surface area contributed by atoms with Crippen molar-refractivity contribution in [1.82, 2.24) is 15.0 Å². The first-order chi connectivity index (χ1) is 7.38. The number of rotatable bonds is 4. The molecular weight excluding hydrogens is 233 g/mol. The van der Waals surface area contributed by atoms with Gasteiger partial charge >= 0.3 is 7.25 Å². The number of hydrogen-bond donors (Lipinski definition) is 0. The van der Waals surface area contributed by atoms with Gasteiger partial charge in [-0.05, 0) is 6.92 Å². The minimum atomic E-state index is -6.00. The topological polar surface area (TPSA) is 49.2 Å². The predicted octanol–water partition coefficient (Wildman–Crippen LogP) is 1.72. The van der Waals surface area contributed by atoms with Crippen molar-refractivity contribution in [2.24, 2.45) is 0 Å². The minimum absolute atomic E-state index is 0.456. The quantitative estimate of drug-likeness (QED) is 0.459. The molecule has 1 rings (SSSR count). The maximum atomic E-state index is 9.75. The van der Waals surface area contributed by atoms with Crippen LogP contribution < -0.4 is 0 Å². The van der Waals surface area contributed by atoms with Gasteiger partial charge in [0, 0.05) is 13.7 Å². The summed E-state index contributed by atoms with van der Waals surface area (Å²) in [5.41, 5.74) is 0. The van der Waals surface area contributed by atoms with Crippen LogP contribution in [0.25, 0.3) is 0 Å². The summed E-state index contributed by atoms with van der Waals surface area (Å²) >= 11 is 0. The van der Waals surface area contributed by atoms with Crippen molar-refractivity contribution in [1.29, 1.82) is 0 Å². The normalized spacial score (nSPS) is 12.9. The van der Waals surface area contributed by atoms with E-state index in [1.54, 1.807) is 19.5 Å². The van der Waals surface area contributed by atoms with Crippen LogP contribution in [0.15, 0.2) is 12.4 Å². The second-order valence-corrected chi connectivity index (χ2v) is 2.38. The lowest BCUT2D eigenvalue weighted by Crippen LogP contribution is -2.15. The smallest absolute Gasteiger partial charge is 0.418 e. The molecule has 1 unspecified atom stereocenters. The van der Waals surface area contributed by atoms with Crippen LogP contribution in [0.1, 0.15) is 13.3 Å². The van der Waals surface area contributed by atoms with E-state index >= 15 is 0 Å². The van der Waals surface area contributed by atoms with Crippen molar-refractivity contribution in [3.05, 3.63) is 12.4 Å². The van der Waals surface area contributed by atoms with Gasteiger partial charge in [0.25, 0.3) is 6.41 Å². The molecule has 0 saturated heterocycles. The van der Waals surface area contributed by atoms with E-state index < -0.39 is 13.7 Å². The molecule has 0 aliphatic rings. The molecule has 0 N–H and O–H groups in total. The number of ether oxygens (including phenoxy) is 2. The third kappa shape index (κ3) is 8.18. The average molecular weight is 244 g/mol. The Labute approximate surface area is 89.4 Å². The van der Waals surface area contributed by atoms with Gasteiger partial charge in [-0.3, -0.25) is 0 Å². The summed E-state index contributed by atoms with van der Waals surface area (Å²) in [5, 5.41) is 7.35. The zero-order valence-corrected chi connectivity index (χ0v) is 8.69. The van der Waals surface area contributed by atoms with Crippen molar-refractivity contribution < 1.29 is 26.7 Å². The molecule has 16 heavy (non-hydrogen) atoms. The number of halogens is 4. The van der Waals surface area contributed by atoms with Crippen LogP contribution in [0.5, 0.6) is 0 Å². The van der Waals surface area contributed by atoms with Crippen LogP contribution in [0.2, 0.25) is 0 Å². The van der Waals surface area contributed by atoms with Crippen molar-refractivity contribution in [2.75, 3.05) is 13.7 Å². The molecule has 0 radical (unpaired) electrons. The molecule has 1 heterocycles. The van der Waals surface area contributed by atoms with Gasteiger partial charge in [-0.2, -0.15) is 4.68 Å². The Hall–Kier alpha value is -1.16. The molecule has 0 aliphatic carbocycles. The van der Waals surface area contributed by atoms with Gasteiger partial charge in [0.1, 0.15) is 0 Å². The molecule has 10 heteroatoms. The van der Waals surface area contributed by atoms with E-state index in [4.69, 9.17) is 9.47 Å². The fraction of sp³-hybridized carbons (Fsp3) is 0.667. The van der Waals surface area contributed by atoms with E-state index in [2.05, 4.69) is 10.3 Å². The molecule has 0 bridgehead atoms. The Balaban J connectivity index is 0.000000385. The van der Waals surface area contributed by atoms with Crippen molar-refractivity contribution in [3.8, 4) is 0 Å². The van der Waals surface area contributed by atoms with Gasteiger partial charge in [0.2, 0.25) is 0 Å². The van der Waals surface area contributed by atoms with Gasteiger partial charge in [-0.25, -0.2) is 0 Å². The predicted molar refractivity (Wildman–Crippen MR) is 47.9 cm³/mol. The maximum absolute atomic E-state index is 9.75. The second kappa shape index (κ2) is 7.17. The third-order valence-electron chi connectivity index (χ3n) is 1.17. The summed E-state index contributed by atoms with van der Waals surface area (Å²) in [7, 11) is -4.44. The highest BCUT2D eigenvalue weighted by molar-refractivity contribution is 6.50. The molecule has 0 aliphatic heterocycles. The summed E-state index contributed by atoms with van der Waals surface area (Å²) in [5.74, 6) is 0. The number of nitrogens with zero attached hydrogens (tertiary/aromatic N) is 3. The first kappa shape index (κ1) is 14.8. The molecule has 5 nitrogen and oxygen atoms in total.